The lowest BCUT2D eigenvalue weighted by Gasteiger charge is -2.12. The molecule has 0 amide bonds. The number of hydrogen-bond acceptors (Lipinski definition) is 2. The minimum absolute atomic E-state index is 0.208. The summed E-state index contributed by atoms with van der Waals surface area (Å²) in [4.78, 5) is 0. The summed E-state index contributed by atoms with van der Waals surface area (Å²) in [5, 5.41) is 0. The summed E-state index contributed by atoms with van der Waals surface area (Å²) in [5.74, 6) is 0. The predicted molar refractivity (Wildman–Crippen MR) is 36.8 cm³/mol. The predicted octanol–water partition coefficient (Wildman–Crippen LogP) is 0.804. The Morgan fingerprint density at radius 1 is 1.44 bits per heavy atom. The van der Waals surface area contributed by atoms with Crippen LogP contribution in [-0.2, 0) is 4.74 Å². The van der Waals surface area contributed by atoms with Crippen molar-refractivity contribution in [2.75, 3.05) is 6.54 Å². The number of rotatable bonds is 2. The van der Waals surface area contributed by atoms with Crippen molar-refractivity contribution in [1.29, 1.82) is 0 Å². The lowest BCUT2D eigenvalue weighted by molar-refractivity contribution is 0.176. The second-order valence-electron chi connectivity index (χ2n) is 1.97. The van der Waals surface area contributed by atoms with E-state index in [1.807, 2.05) is 18.2 Å². The van der Waals surface area contributed by atoms with Crippen LogP contribution < -0.4 is 5.73 Å². The second-order valence-corrected chi connectivity index (χ2v) is 1.97. The van der Waals surface area contributed by atoms with Gasteiger partial charge in [0.05, 0.1) is 6.26 Å². The fourth-order valence-electron chi connectivity index (χ4n) is 0.754. The summed E-state index contributed by atoms with van der Waals surface area (Å²) in [6, 6.07) is 0. The van der Waals surface area contributed by atoms with Gasteiger partial charge in [-0.3, -0.25) is 0 Å². The fraction of sp³-hybridized carbons (Fsp3) is 0.429. The highest BCUT2D eigenvalue weighted by Crippen LogP contribution is 2.04. The van der Waals surface area contributed by atoms with E-state index in [0.29, 0.717) is 6.54 Å². The first kappa shape index (κ1) is 6.36. The molecule has 9 heavy (non-hydrogen) atoms. The van der Waals surface area contributed by atoms with Gasteiger partial charge < -0.3 is 10.5 Å². The van der Waals surface area contributed by atoms with E-state index in [4.69, 9.17) is 10.5 Å². The van der Waals surface area contributed by atoms with Crippen molar-refractivity contribution in [1.82, 2.24) is 0 Å². The molecule has 0 saturated heterocycles. The Labute approximate surface area is 55.0 Å². The van der Waals surface area contributed by atoms with E-state index in [1.54, 1.807) is 6.26 Å². The van der Waals surface area contributed by atoms with Crippen LogP contribution in [0.1, 0.15) is 6.42 Å². The van der Waals surface area contributed by atoms with Gasteiger partial charge >= 0.3 is 0 Å². The molecule has 1 aliphatic rings. The molecule has 50 valence electrons. The normalized spacial score (nSPS) is 23.9. The third-order valence-corrected chi connectivity index (χ3v) is 1.22. The third kappa shape index (κ3) is 1.90. The van der Waals surface area contributed by atoms with Crippen molar-refractivity contribution in [3.05, 3.63) is 24.5 Å². The first-order valence-electron chi connectivity index (χ1n) is 3.12. The van der Waals surface area contributed by atoms with Crippen molar-refractivity contribution in [2.24, 2.45) is 5.73 Å². The Morgan fingerprint density at radius 3 is 2.89 bits per heavy atom. The molecule has 2 heteroatoms. The van der Waals surface area contributed by atoms with Gasteiger partial charge in [-0.2, -0.15) is 0 Å². The van der Waals surface area contributed by atoms with Gasteiger partial charge in [0, 0.05) is 6.42 Å². The molecule has 0 spiro atoms. The second kappa shape index (κ2) is 3.30. The maximum Gasteiger partial charge on any atom is 0.117 e. The van der Waals surface area contributed by atoms with E-state index in [1.165, 1.54) is 0 Å². The van der Waals surface area contributed by atoms with Crippen molar-refractivity contribution in [2.45, 2.75) is 12.5 Å². The molecule has 0 aliphatic carbocycles. The SMILES string of the molecule is NCCC1C=CC=CO1. The van der Waals surface area contributed by atoms with Crippen LogP contribution in [0.25, 0.3) is 0 Å². The summed E-state index contributed by atoms with van der Waals surface area (Å²) in [6.45, 7) is 0.683. The standard InChI is InChI=1S/C7H11NO/c8-5-4-7-3-1-2-6-9-7/h1-3,6-7H,4-5,8H2. The Balaban J connectivity index is 2.28. The molecule has 1 heterocycles. The Bertz CT molecular complexity index is 129. The summed E-state index contributed by atoms with van der Waals surface area (Å²) < 4.78 is 5.17. The monoisotopic (exact) mass is 125 g/mol. The molecule has 2 nitrogen and oxygen atoms in total. The molecule has 0 aromatic rings. The van der Waals surface area contributed by atoms with Gasteiger partial charge in [-0.25, -0.2) is 0 Å². The van der Waals surface area contributed by atoms with E-state index in [9.17, 15) is 0 Å². The molecule has 0 fully saturated rings. The first-order chi connectivity index (χ1) is 4.43. The number of ether oxygens (including phenoxy) is 1. The van der Waals surface area contributed by atoms with Crippen molar-refractivity contribution in [3.8, 4) is 0 Å². The van der Waals surface area contributed by atoms with Crippen LogP contribution in [0.15, 0.2) is 24.5 Å². The lowest BCUT2D eigenvalue weighted by atomic mass is 10.2. The fourth-order valence-corrected chi connectivity index (χ4v) is 0.754. The first-order valence-corrected chi connectivity index (χ1v) is 3.12. The minimum atomic E-state index is 0.208. The average Bonchev–Trinajstić information content (AvgIpc) is 1.91. The smallest absolute Gasteiger partial charge is 0.117 e. The third-order valence-electron chi connectivity index (χ3n) is 1.22. The van der Waals surface area contributed by atoms with Crippen molar-refractivity contribution < 1.29 is 4.74 Å². The highest BCUT2D eigenvalue weighted by Gasteiger charge is 2.02. The molecule has 1 unspecified atom stereocenters. The van der Waals surface area contributed by atoms with Crippen LogP contribution in [0.2, 0.25) is 0 Å². The molecule has 0 saturated carbocycles. The molecule has 1 rings (SSSR count). The summed E-state index contributed by atoms with van der Waals surface area (Å²) in [7, 11) is 0. The summed E-state index contributed by atoms with van der Waals surface area (Å²) in [6.07, 6.45) is 8.66. The zero-order valence-corrected chi connectivity index (χ0v) is 5.29. The number of allylic oxidation sites excluding steroid dienone is 2. The Morgan fingerprint density at radius 2 is 2.33 bits per heavy atom. The number of hydrogen-bond donors (Lipinski definition) is 1. The molecule has 0 aromatic heterocycles. The lowest BCUT2D eigenvalue weighted by Crippen LogP contribution is -2.13. The van der Waals surface area contributed by atoms with E-state index in [0.717, 1.165) is 6.42 Å². The molecule has 0 aromatic carbocycles. The molecule has 1 atom stereocenters. The Kier molecular flexibility index (Phi) is 2.33. The highest BCUT2D eigenvalue weighted by atomic mass is 16.5. The van der Waals surface area contributed by atoms with Gasteiger partial charge in [-0.05, 0) is 18.7 Å². The molecule has 0 bridgehead atoms. The van der Waals surface area contributed by atoms with Gasteiger partial charge in [0.15, 0.2) is 0 Å². The molecular formula is C7H11NO. The highest BCUT2D eigenvalue weighted by molar-refractivity contribution is 5.07. The van der Waals surface area contributed by atoms with Gasteiger partial charge in [-0.15, -0.1) is 0 Å². The van der Waals surface area contributed by atoms with Gasteiger partial charge in [0.25, 0.3) is 0 Å². The quantitative estimate of drug-likeness (QED) is 0.592. The zero-order chi connectivity index (χ0) is 6.53. The Hall–Kier alpha value is -0.760. The van der Waals surface area contributed by atoms with Crippen LogP contribution >= 0.6 is 0 Å². The van der Waals surface area contributed by atoms with E-state index >= 15 is 0 Å². The van der Waals surface area contributed by atoms with Crippen molar-refractivity contribution in [3.63, 3.8) is 0 Å². The van der Waals surface area contributed by atoms with Crippen LogP contribution in [0.5, 0.6) is 0 Å². The van der Waals surface area contributed by atoms with Crippen LogP contribution in [-0.4, -0.2) is 12.6 Å². The van der Waals surface area contributed by atoms with Crippen LogP contribution in [0, 0.1) is 0 Å². The van der Waals surface area contributed by atoms with Crippen molar-refractivity contribution >= 4 is 0 Å². The average molecular weight is 125 g/mol. The molecule has 2 N–H and O–H groups in total. The zero-order valence-electron chi connectivity index (χ0n) is 5.29. The van der Waals surface area contributed by atoms with Crippen LogP contribution in [0.4, 0.5) is 0 Å². The molecular weight excluding hydrogens is 114 g/mol. The maximum absolute atomic E-state index is 5.32. The van der Waals surface area contributed by atoms with Gasteiger partial charge in [0.1, 0.15) is 6.10 Å². The molecule has 0 radical (unpaired) electrons. The van der Waals surface area contributed by atoms with E-state index in [2.05, 4.69) is 0 Å². The summed E-state index contributed by atoms with van der Waals surface area (Å²) in [5.41, 5.74) is 5.32. The van der Waals surface area contributed by atoms with E-state index in [-0.39, 0.29) is 6.10 Å². The molecule has 1 aliphatic heterocycles. The topological polar surface area (TPSA) is 35.2 Å². The van der Waals surface area contributed by atoms with Crippen LogP contribution in [0.3, 0.4) is 0 Å². The van der Waals surface area contributed by atoms with E-state index < -0.39 is 0 Å². The summed E-state index contributed by atoms with van der Waals surface area (Å²) >= 11 is 0. The van der Waals surface area contributed by atoms with Gasteiger partial charge in [0.2, 0.25) is 0 Å². The maximum atomic E-state index is 5.32. The minimum Gasteiger partial charge on any atom is -0.494 e. The number of nitrogens with two attached hydrogens (primary N) is 1. The van der Waals surface area contributed by atoms with Gasteiger partial charge in [-0.1, -0.05) is 6.08 Å². The largest absolute Gasteiger partial charge is 0.494 e.